The zero-order valence-electron chi connectivity index (χ0n) is 16.8. The second-order valence-electron chi connectivity index (χ2n) is 7.53. The largest absolute Gasteiger partial charge is 0.328 e. The Morgan fingerprint density at radius 3 is 2.55 bits per heavy atom. The van der Waals surface area contributed by atoms with Crippen molar-refractivity contribution in [2.24, 2.45) is 0 Å². The number of hydrogen-bond donors (Lipinski definition) is 0. The molecule has 4 aromatic rings. The second kappa shape index (κ2) is 7.24. The molecule has 1 aliphatic heterocycles. The average Bonchev–Trinajstić information content (AvgIpc) is 3.49. The molecule has 154 valence electrons. The maximum Gasteiger partial charge on any atom is 0.282 e. The Labute approximate surface area is 178 Å². The number of nitrogens with zero attached hydrogens (tertiary/aromatic N) is 5. The summed E-state index contributed by atoms with van der Waals surface area (Å²) in [5, 5.41) is 16.2. The third-order valence-corrected chi connectivity index (χ3v) is 5.44. The molecule has 8 nitrogen and oxygen atoms in total. The lowest BCUT2D eigenvalue weighted by Gasteiger charge is -2.17. The van der Waals surface area contributed by atoms with Gasteiger partial charge in [-0.1, -0.05) is 24.3 Å². The molecule has 3 heterocycles. The smallest absolute Gasteiger partial charge is 0.282 e. The summed E-state index contributed by atoms with van der Waals surface area (Å²) in [6.07, 6.45) is 3.88. The maximum absolute atomic E-state index is 13.1. The summed E-state index contributed by atoms with van der Waals surface area (Å²) in [5.74, 6) is 0.495. The zero-order chi connectivity index (χ0) is 21.5. The minimum Gasteiger partial charge on any atom is -0.328 e. The molecule has 0 atom stereocenters. The SMILES string of the molecule is Cc1cccc(-n2nc3c(c2-n2cccc2)CN(C(=O)c2ccccc2[N+](=O)[O-])C3)c1. The summed E-state index contributed by atoms with van der Waals surface area (Å²) < 4.78 is 3.87. The zero-order valence-corrected chi connectivity index (χ0v) is 16.8. The molecule has 0 fully saturated rings. The maximum atomic E-state index is 13.1. The first-order valence-corrected chi connectivity index (χ1v) is 9.87. The van der Waals surface area contributed by atoms with Gasteiger partial charge in [-0.15, -0.1) is 0 Å². The van der Waals surface area contributed by atoms with Gasteiger partial charge in [0.1, 0.15) is 11.4 Å². The van der Waals surface area contributed by atoms with Gasteiger partial charge in [-0.2, -0.15) is 5.10 Å². The van der Waals surface area contributed by atoms with Crippen LogP contribution >= 0.6 is 0 Å². The highest BCUT2D eigenvalue weighted by Gasteiger charge is 2.34. The Morgan fingerprint density at radius 1 is 1.03 bits per heavy atom. The van der Waals surface area contributed by atoms with E-state index in [0.717, 1.165) is 28.3 Å². The van der Waals surface area contributed by atoms with Crippen LogP contribution in [-0.4, -0.2) is 30.1 Å². The molecule has 31 heavy (non-hydrogen) atoms. The Bertz CT molecular complexity index is 1310. The Morgan fingerprint density at radius 2 is 1.81 bits per heavy atom. The fraction of sp³-hybridized carbons (Fsp3) is 0.130. The Hall–Kier alpha value is -4.20. The predicted molar refractivity (Wildman–Crippen MR) is 114 cm³/mol. The van der Waals surface area contributed by atoms with E-state index in [1.807, 2.05) is 58.9 Å². The van der Waals surface area contributed by atoms with Crippen LogP contribution in [0.5, 0.6) is 0 Å². The molecule has 0 spiro atoms. The number of benzene rings is 2. The van der Waals surface area contributed by atoms with Gasteiger partial charge in [0.05, 0.1) is 29.4 Å². The Kier molecular flexibility index (Phi) is 4.39. The molecule has 2 aromatic carbocycles. The van der Waals surface area contributed by atoms with E-state index >= 15 is 0 Å². The van der Waals surface area contributed by atoms with Crippen LogP contribution in [0.25, 0.3) is 11.5 Å². The minimum absolute atomic E-state index is 0.0896. The van der Waals surface area contributed by atoms with Crippen LogP contribution in [0.4, 0.5) is 5.69 Å². The van der Waals surface area contributed by atoms with Crippen molar-refractivity contribution < 1.29 is 9.72 Å². The number of amides is 1. The first-order valence-electron chi connectivity index (χ1n) is 9.87. The van der Waals surface area contributed by atoms with Gasteiger partial charge in [0.2, 0.25) is 0 Å². The number of para-hydroxylation sites is 1. The van der Waals surface area contributed by atoms with Crippen molar-refractivity contribution in [1.82, 2.24) is 19.2 Å². The third-order valence-electron chi connectivity index (χ3n) is 5.44. The molecule has 0 N–H and O–H groups in total. The lowest BCUT2D eigenvalue weighted by molar-refractivity contribution is -0.385. The molecule has 0 saturated carbocycles. The fourth-order valence-corrected chi connectivity index (χ4v) is 4.01. The summed E-state index contributed by atoms with van der Waals surface area (Å²) in [7, 11) is 0. The molecule has 0 unspecified atom stereocenters. The second-order valence-corrected chi connectivity index (χ2v) is 7.53. The summed E-state index contributed by atoms with van der Waals surface area (Å²) in [6, 6.07) is 18.0. The first-order chi connectivity index (χ1) is 15.0. The lowest BCUT2D eigenvalue weighted by atomic mass is 10.1. The molecule has 1 amide bonds. The van der Waals surface area contributed by atoms with Crippen LogP contribution in [-0.2, 0) is 13.1 Å². The molecule has 5 rings (SSSR count). The molecule has 1 aliphatic rings. The average molecular weight is 413 g/mol. The van der Waals surface area contributed by atoms with Gasteiger partial charge in [0.25, 0.3) is 11.6 Å². The summed E-state index contributed by atoms with van der Waals surface area (Å²) in [4.78, 5) is 25.6. The Balaban J connectivity index is 1.55. The number of fused-ring (bicyclic) bond motifs is 1. The number of aryl methyl sites for hydroxylation is 1. The molecule has 2 aromatic heterocycles. The van der Waals surface area contributed by atoms with Crippen LogP contribution in [0.3, 0.4) is 0 Å². The molecular formula is C23H19N5O3. The van der Waals surface area contributed by atoms with E-state index in [2.05, 4.69) is 6.07 Å². The van der Waals surface area contributed by atoms with Crippen LogP contribution in [0, 0.1) is 17.0 Å². The van der Waals surface area contributed by atoms with E-state index in [-0.39, 0.29) is 17.2 Å². The fourth-order valence-electron chi connectivity index (χ4n) is 4.01. The lowest BCUT2D eigenvalue weighted by Crippen LogP contribution is -2.27. The van der Waals surface area contributed by atoms with Gasteiger partial charge < -0.3 is 9.47 Å². The van der Waals surface area contributed by atoms with Gasteiger partial charge in [-0.3, -0.25) is 14.9 Å². The van der Waals surface area contributed by atoms with Crippen molar-refractivity contribution in [2.75, 3.05) is 0 Å². The van der Waals surface area contributed by atoms with Gasteiger partial charge in [0.15, 0.2) is 0 Å². The standard InChI is InChI=1S/C23H19N5O3/c1-16-7-6-8-17(13-16)27-22(25-11-4-5-12-25)19-14-26(15-20(19)24-27)23(29)18-9-2-3-10-21(18)28(30)31/h2-13H,14-15H2,1H3. The van der Waals surface area contributed by atoms with Crippen molar-refractivity contribution in [2.45, 2.75) is 20.0 Å². The van der Waals surface area contributed by atoms with Gasteiger partial charge in [-0.25, -0.2) is 4.68 Å². The van der Waals surface area contributed by atoms with E-state index in [1.165, 1.54) is 12.1 Å². The number of nitro benzene ring substituents is 1. The van der Waals surface area contributed by atoms with E-state index in [0.29, 0.717) is 13.1 Å². The van der Waals surface area contributed by atoms with E-state index < -0.39 is 4.92 Å². The number of nitro groups is 1. The highest BCUT2D eigenvalue weighted by Crippen LogP contribution is 2.32. The summed E-state index contributed by atoms with van der Waals surface area (Å²) in [5.41, 5.74) is 3.69. The highest BCUT2D eigenvalue weighted by molar-refractivity contribution is 5.98. The monoisotopic (exact) mass is 413 g/mol. The molecule has 8 heteroatoms. The van der Waals surface area contributed by atoms with Crippen molar-refractivity contribution in [3.8, 4) is 11.5 Å². The summed E-state index contributed by atoms with van der Waals surface area (Å²) in [6.45, 7) is 2.66. The van der Waals surface area contributed by atoms with Gasteiger partial charge >= 0.3 is 0 Å². The van der Waals surface area contributed by atoms with Crippen molar-refractivity contribution in [3.63, 3.8) is 0 Å². The molecule has 0 bridgehead atoms. The summed E-state index contributed by atoms with van der Waals surface area (Å²) >= 11 is 0. The van der Waals surface area contributed by atoms with E-state index in [9.17, 15) is 14.9 Å². The third kappa shape index (κ3) is 3.18. The minimum atomic E-state index is -0.522. The van der Waals surface area contributed by atoms with Gasteiger partial charge in [0, 0.05) is 24.0 Å². The molecule has 0 saturated heterocycles. The van der Waals surface area contributed by atoms with E-state index in [1.54, 1.807) is 17.0 Å². The number of carbonyl (C=O) groups is 1. The number of aromatic nitrogens is 3. The topological polar surface area (TPSA) is 86.2 Å². The first kappa shape index (κ1) is 18.8. The molecular weight excluding hydrogens is 394 g/mol. The number of hydrogen-bond acceptors (Lipinski definition) is 4. The number of rotatable bonds is 4. The molecule has 0 aliphatic carbocycles. The van der Waals surface area contributed by atoms with Crippen LogP contribution in [0.15, 0.2) is 73.1 Å². The van der Waals surface area contributed by atoms with Crippen LogP contribution < -0.4 is 0 Å². The quantitative estimate of drug-likeness (QED) is 0.373. The van der Waals surface area contributed by atoms with Crippen molar-refractivity contribution in [1.29, 1.82) is 0 Å². The van der Waals surface area contributed by atoms with Crippen LogP contribution in [0.2, 0.25) is 0 Å². The van der Waals surface area contributed by atoms with Crippen LogP contribution in [0.1, 0.15) is 27.2 Å². The van der Waals surface area contributed by atoms with Gasteiger partial charge in [-0.05, 0) is 42.8 Å². The van der Waals surface area contributed by atoms with Crippen molar-refractivity contribution in [3.05, 3.63) is 106 Å². The van der Waals surface area contributed by atoms with E-state index in [4.69, 9.17) is 5.10 Å². The highest BCUT2D eigenvalue weighted by atomic mass is 16.6. The van der Waals surface area contributed by atoms with Crippen molar-refractivity contribution >= 4 is 11.6 Å². The predicted octanol–water partition coefficient (Wildman–Crippen LogP) is 4.04. The molecule has 0 radical (unpaired) electrons. The number of carbonyl (C=O) groups excluding carboxylic acids is 1. The normalized spacial score (nSPS) is 12.7.